The Bertz CT molecular complexity index is 1990. The number of nitrogens with zero attached hydrogens (tertiary/aromatic N) is 1. The molecule has 0 amide bonds. The van der Waals surface area contributed by atoms with Gasteiger partial charge in [0, 0.05) is 37.5 Å². The second-order valence-corrected chi connectivity index (χ2v) is 10.6. The van der Waals surface area contributed by atoms with Crippen molar-refractivity contribution in [2.75, 3.05) is 0 Å². The number of hydrogen-bond acceptors (Lipinski definition) is 2. The molecule has 5 heteroatoms. The summed E-state index contributed by atoms with van der Waals surface area (Å²) in [7, 11) is 0. The standard InChI is InChI=1S/C34H20F3NS/c35-34(36,37)27-15-12-21(13-16-27)23-10-8-22-9-11-24(19-26(22)18-23)25-14-17-31(38-20-25)30-6-3-5-29-28-4-1-2-7-32(28)39-33(29)30/h1-20H. The van der Waals surface area contributed by atoms with E-state index in [0.29, 0.717) is 0 Å². The lowest BCUT2D eigenvalue weighted by Gasteiger charge is -2.10. The molecule has 1 nitrogen and oxygen atoms in total. The molecule has 0 radical (unpaired) electrons. The molecule has 0 atom stereocenters. The van der Waals surface area contributed by atoms with Crippen molar-refractivity contribution in [1.82, 2.24) is 4.98 Å². The smallest absolute Gasteiger partial charge is 0.256 e. The monoisotopic (exact) mass is 531 g/mol. The van der Waals surface area contributed by atoms with Crippen molar-refractivity contribution in [3.05, 3.63) is 127 Å². The second kappa shape index (κ2) is 9.07. The van der Waals surface area contributed by atoms with Crippen LogP contribution in [0.2, 0.25) is 0 Å². The van der Waals surface area contributed by atoms with Gasteiger partial charge in [-0.3, -0.25) is 4.98 Å². The van der Waals surface area contributed by atoms with Gasteiger partial charge < -0.3 is 0 Å². The van der Waals surface area contributed by atoms with Crippen molar-refractivity contribution in [1.29, 1.82) is 0 Å². The number of pyridine rings is 1. The van der Waals surface area contributed by atoms with Crippen LogP contribution in [0.3, 0.4) is 0 Å². The van der Waals surface area contributed by atoms with Crippen molar-refractivity contribution in [3.8, 4) is 33.5 Å². The minimum Gasteiger partial charge on any atom is -0.256 e. The number of hydrogen-bond donors (Lipinski definition) is 0. The van der Waals surface area contributed by atoms with E-state index in [2.05, 4.69) is 72.8 Å². The summed E-state index contributed by atoms with van der Waals surface area (Å²) in [4.78, 5) is 4.83. The van der Waals surface area contributed by atoms with Crippen LogP contribution in [0.25, 0.3) is 64.5 Å². The normalized spacial score (nSPS) is 12.0. The molecule has 0 spiro atoms. The first-order valence-corrected chi connectivity index (χ1v) is 13.3. The lowest BCUT2D eigenvalue weighted by molar-refractivity contribution is -0.137. The van der Waals surface area contributed by atoms with Crippen molar-refractivity contribution in [3.63, 3.8) is 0 Å². The lowest BCUT2D eigenvalue weighted by Crippen LogP contribution is -2.03. The zero-order chi connectivity index (χ0) is 26.6. The molecule has 0 aliphatic carbocycles. The van der Waals surface area contributed by atoms with Crippen LogP contribution < -0.4 is 0 Å². The van der Waals surface area contributed by atoms with Crippen molar-refractivity contribution >= 4 is 42.3 Å². The van der Waals surface area contributed by atoms with Gasteiger partial charge in [0.05, 0.1) is 11.3 Å². The summed E-state index contributed by atoms with van der Waals surface area (Å²) in [5.74, 6) is 0. The van der Waals surface area contributed by atoms with Gasteiger partial charge in [-0.2, -0.15) is 13.2 Å². The summed E-state index contributed by atoms with van der Waals surface area (Å²) < 4.78 is 41.4. The van der Waals surface area contributed by atoms with Crippen molar-refractivity contribution in [2.45, 2.75) is 6.18 Å². The van der Waals surface area contributed by atoms with Crippen LogP contribution >= 0.6 is 11.3 Å². The molecule has 5 aromatic carbocycles. The fraction of sp³-hybridized carbons (Fsp3) is 0.0294. The number of fused-ring (bicyclic) bond motifs is 4. The Morgan fingerprint density at radius 3 is 1.95 bits per heavy atom. The highest BCUT2D eigenvalue weighted by atomic mass is 32.1. The van der Waals surface area contributed by atoms with E-state index in [1.165, 1.54) is 32.3 Å². The Hall–Kier alpha value is -4.48. The molecule has 7 rings (SSSR count). The van der Waals surface area contributed by atoms with Gasteiger partial charge in [0.1, 0.15) is 0 Å². The summed E-state index contributed by atoms with van der Waals surface area (Å²) in [5.41, 5.74) is 5.07. The highest BCUT2D eigenvalue weighted by molar-refractivity contribution is 7.26. The van der Waals surface area contributed by atoms with Crippen molar-refractivity contribution < 1.29 is 13.2 Å². The number of rotatable bonds is 3. The Kier molecular flexibility index (Phi) is 5.49. The summed E-state index contributed by atoms with van der Waals surface area (Å²) in [5, 5.41) is 4.60. The fourth-order valence-electron chi connectivity index (χ4n) is 5.13. The molecular weight excluding hydrogens is 511 g/mol. The SMILES string of the molecule is FC(F)(F)c1ccc(-c2ccc3ccc(-c4ccc(-c5cccc6c5sc5ccccc56)nc4)cc3c2)cc1. The van der Waals surface area contributed by atoms with Gasteiger partial charge in [-0.1, -0.05) is 78.9 Å². The highest BCUT2D eigenvalue weighted by Gasteiger charge is 2.30. The van der Waals surface area contributed by atoms with Crippen LogP contribution in [0.1, 0.15) is 5.56 Å². The number of thiophene rings is 1. The van der Waals surface area contributed by atoms with E-state index in [1.54, 1.807) is 11.3 Å². The summed E-state index contributed by atoms with van der Waals surface area (Å²) >= 11 is 1.79. The Labute approximate surface area is 226 Å². The van der Waals surface area contributed by atoms with E-state index in [1.807, 2.05) is 24.4 Å². The molecule has 0 saturated carbocycles. The van der Waals surface area contributed by atoms with Crippen LogP contribution in [0.4, 0.5) is 13.2 Å². The molecule has 0 saturated heterocycles. The maximum atomic E-state index is 13.0. The third kappa shape index (κ3) is 4.25. The first-order valence-electron chi connectivity index (χ1n) is 12.5. The lowest BCUT2D eigenvalue weighted by atomic mass is 9.97. The largest absolute Gasteiger partial charge is 0.416 e. The quantitative estimate of drug-likeness (QED) is 0.221. The predicted molar refractivity (Wildman–Crippen MR) is 156 cm³/mol. The zero-order valence-corrected chi connectivity index (χ0v) is 21.4. The van der Waals surface area contributed by atoms with E-state index in [0.717, 1.165) is 56.4 Å². The van der Waals surface area contributed by atoms with Gasteiger partial charge in [-0.15, -0.1) is 11.3 Å². The minimum absolute atomic E-state index is 0.645. The van der Waals surface area contributed by atoms with E-state index in [-0.39, 0.29) is 0 Å². The molecule has 0 aliphatic rings. The van der Waals surface area contributed by atoms with Crippen LogP contribution in [0.15, 0.2) is 121 Å². The average molecular weight is 532 g/mol. The molecule has 188 valence electrons. The van der Waals surface area contributed by atoms with Crippen molar-refractivity contribution in [2.24, 2.45) is 0 Å². The fourth-order valence-corrected chi connectivity index (χ4v) is 6.36. The van der Waals surface area contributed by atoms with Gasteiger partial charge in [-0.25, -0.2) is 0 Å². The molecule has 0 fully saturated rings. The topological polar surface area (TPSA) is 12.9 Å². The zero-order valence-electron chi connectivity index (χ0n) is 20.5. The van der Waals surface area contributed by atoms with Gasteiger partial charge in [0.2, 0.25) is 0 Å². The number of alkyl halides is 3. The Morgan fingerprint density at radius 2 is 1.23 bits per heavy atom. The van der Waals surface area contributed by atoms with Crippen LogP contribution in [-0.4, -0.2) is 4.98 Å². The third-order valence-electron chi connectivity index (χ3n) is 7.16. The maximum absolute atomic E-state index is 13.0. The Balaban J connectivity index is 1.23. The number of aromatic nitrogens is 1. The first kappa shape index (κ1) is 23.6. The number of benzene rings is 5. The summed E-state index contributed by atoms with van der Waals surface area (Å²) in [6.45, 7) is 0. The second-order valence-electron chi connectivity index (χ2n) is 9.56. The van der Waals surface area contributed by atoms with Crippen LogP contribution in [0, 0.1) is 0 Å². The summed E-state index contributed by atoms with van der Waals surface area (Å²) in [6.07, 6.45) is -2.44. The summed E-state index contributed by atoms with van der Waals surface area (Å²) in [6, 6.07) is 36.5. The van der Waals surface area contributed by atoms with Gasteiger partial charge in [0.25, 0.3) is 0 Å². The highest BCUT2D eigenvalue weighted by Crippen LogP contribution is 2.39. The molecule has 2 aromatic heterocycles. The molecule has 7 aromatic rings. The van der Waals surface area contributed by atoms with Gasteiger partial charge in [-0.05, 0) is 63.9 Å². The molecule has 39 heavy (non-hydrogen) atoms. The molecule has 0 bridgehead atoms. The maximum Gasteiger partial charge on any atom is 0.416 e. The van der Waals surface area contributed by atoms with E-state index < -0.39 is 11.7 Å². The molecule has 0 N–H and O–H groups in total. The molecule has 0 unspecified atom stereocenters. The van der Waals surface area contributed by atoms with Crippen LogP contribution in [-0.2, 0) is 6.18 Å². The van der Waals surface area contributed by atoms with Gasteiger partial charge >= 0.3 is 6.18 Å². The molecule has 2 heterocycles. The van der Waals surface area contributed by atoms with Crippen LogP contribution in [0.5, 0.6) is 0 Å². The third-order valence-corrected chi connectivity index (χ3v) is 8.38. The molecular formula is C34H20F3NS. The number of halogens is 3. The van der Waals surface area contributed by atoms with E-state index >= 15 is 0 Å². The first-order chi connectivity index (χ1) is 18.9. The van der Waals surface area contributed by atoms with Gasteiger partial charge in [0.15, 0.2) is 0 Å². The minimum atomic E-state index is -4.34. The van der Waals surface area contributed by atoms with E-state index in [4.69, 9.17) is 4.98 Å². The predicted octanol–water partition coefficient (Wildman–Crippen LogP) is 10.6. The van der Waals surface area contributed by atoms with E-state index in [9.17, 15) is 13.2 Å². The average Bonchev–Trinajstić information content (AvgIpc) is 3.35. The molecule has 0 aliphatic heterocycles. The Morgan fingerprint density at radius 1 is 0.564 bits per heavy atom.